The first-order chi connectivity index (χ1) is 17.8. The summed E-state index contributed by atoms with van der Waals surface area (Å²) in [4.78, 5) is 35.9. The fourth-order valence-corrected chi connectivity index (χ4v) is 4.23. The first kappa shape index (κ1) is 28.1. The van der Waals surface area contributed by atoms with Crippen molar-refractivity contribution < 1.29 is 32.9 Å². The second kappa shape index (κ2) is 13.2. The number of unbranched alkanes of at least 4 members (excludes halogenated alkanes) is 6. The Kier molecular flexibility index (Phi) is 10.0. The molecule has 202 valence electrons. The second-order valence-electron chi connectivity index (χ2n) is 8.87. The van der Waals surface area contributed by atoms with Gasteiger partial charge in [0.2, 0.25) is 5.60 Å². The van der Waals surface area contributed by atoms with Crippen LogP contribution >= 0.6 is 0 Å². The molecule has 0 aliphatic carbocycles. The number of hydrogen-bond acceptors (Lipinski definition) is 10. The number of aromatic nitrogens is 4. The predicted octanol–water partition coefficient (Wildman–Crippen LogP) is 4.06. The van der Waals surface area contributed by atoms with Crippen molar-refractivity contribution in [2.75, 3.05) is 18.9 Å². The van der Waals surface area contributed by atoms with Crippen LogP contribution in [-0.2, 0) is 23.7 Å². The van der Waals surface area contributed by atoms with Crippen LogP contribution in [0, 0.1) is 18.4 Å². The lowest BCUT2D eigenvalue weighted by Crippen LogP contribution is -2.45. The summed E-state index contributed by atoms with van der Waals surface area (Å²) in [5.74, 6) is 1.92. The summed E-state index contributed by atoms with van der Waals surface area (Å²) < 4.78 is 37.2. The van der Waals surface area contributed by atoms with Crippen molar-refractivity contribution in [1.82, 2.24) is 19.5 Å². The minimum Gasteiger partial charge on any atom is -0.461 e. The lowest BCUT2D eigenvalue weighted by atomic mass is 9.98. The van der Waals surface area contributed by atoms with Gasteiger partial charge in [-0.3, -0.25) is 9.36 Å². The zero-order valence-electron chi connectivity index (χ0n) is 21.3. The van der Waals surface area contributed by atoms with Gasteiger partial charge in [0.1, 0.15) is 12.8 Å². The molecule has 3 rings (SSSR count). The van der Waals surface area contributed by atoms with Gasteiger partial charge in [0.25, 0.3) is 0 Å². The monoisotopic (exact) mass is 519 g/mol. The molecular weight excluding hydrogens is 485 g/mol. The Bertz CT molecular complexity index is 1120. The average molecular weight is 520 g/mol. The first-order valence-electron chi connectivity index (χ1n) is 12.6. The van der Waals surface area contributed by atoms with Crippen LogP contribution in [0.25, 0.3) is 11.2 Å². The smallest absolute Gasteiger partial charge is 0.461 e. The van der Waals surface area contributed by atoms with Crippen LogP contribution in [0.2, 0.25) is 0 Å². The van der Waals surface area contributed by atoms with Crippen molar-refractivity contribution in [1.29, 1.82) is 0 Å². The quantitative estimate of drug-likeness (QED) is 0.178. The van der Waals surface area contributed by atoms with Gasteiger partial charge in [0.15, 0.2) is 23.1 Å². The van der Waals surface area contributed by atoms with Gasteiger partial charge in [-0.05, 0) is 13.3 Å². The van der Waals surface area contributed by atoms with Crippen molar-refractivity contribution in [3.8, 4) is 12.3 Å². The minimum atomic E-state index is -1.61. The van der Waals surface area contributed by atoms with Crippen molar-refractivity contribution >= 4 is 29.1 Å². The van der Waals surface area contributed by atoms with Crippen molar-refractivity contribution in [3.63, 3.8) is 0 Å². The third-order valence-corrected chi connectivity index (χ3v) is 6.19. The number of carbonyl (C=O) groups is 2. The molecular formula is C25H34FN5O6. The van der Waals surface area contributed by atoms with Gasteiger partial charge >= 0.3 is 18.2 Å². The number of fused-ring (bicyclic) bond motifs is 1. The highest BCUT2D eigenvalue weighted by atomic mass is 19.1. The largest absolute Gasteiger partial charge is 0.508 e. The number of rotatable bonds is 13. The Morgan fingerprint density at radius 2 is 1.95 bits per heavy atom. The number of imidazole rings is 1. The van der Waals surface area contributed by atoms with E-state index in [1.807, 2.05) is 0 Å². The maximum Gasteiger partial charge on any atom is 0.508 e. The molecule has 2 N–H and O–H groups in total. The number of nitrogen functional groups attached to an aromatic ring is 1. The number of terminal acetylenes is 1. The molecule has 2 aromatic heterocycles. The van der Waals surface area contributed by atoms with Crippen molar-refractivity contribution in [3.05, 3.63) is 12.4 Å². The maximum atomic E-state index is 13.8. The molecule has 0 aromatic carbocycles. The molecule has 12 heteroatoms. The summed E-state index contributed by atoms with van der Waals surface area (Å²) in [6.45, 7) is 3.54. The summed E-state index contributed by atoms with van der Waals surface area (Å²) in [6, 6.07) is 0. The number of anilines is 1. The van der Waals surface area contributed by atoms with E-state index < -0.39 is 36.1 Å². The SMILES string of the molecule is C#C[C@]1(COC(=O)CCCCCCCCC)O[C@@H](n2cnc3c(N)nc(F)nc32)C[C@@H]1OC(=O)OCC. The number of esters is 1. The van der Waals surface area contributed by atoms with E-state index in [4.69, 9.17) is 31.1 Å². The third kappa shape index (κ3) is 7.07. The zero-order chi connectivity index (χ0) is 26.8. The Morgan fingerprint density at radius 3 is 2.65 bits per heavy atom. The zero-order valence-corrected chi connectivity index (χ0v) is 21.3. The number of hydrogen-bond donors (Lipinski definition) is 1. The molecule has 0 amide bonds. The van der Waals surface area contributed by atoms with E-state index in [9.17, 15) is 14.0 Å². The van der Waals surface area contributed by atoms with Crippen LogP contribution in [0.3, 0.4) is 0 Å². The molecule has 0 bridgehead atoms. The highest BCUT2D eigenvalue weighted by Gasteiger charge is 2.52. The molecule has 0 radical (unpaired) electrons. The summed E-state index contributed by atoms with van der Waals surface area (Å²) in [5, 5.41) is 0. The van der Waals surface area contributed by atoms with Crippen LogP contribution in [0.15, 0.2) is 6.33 Å². The minimum absolute atomic E-state index is 0.0370. The predicted molar refractivity (Wildman–Crippen MR) is 131 cm³/mol. The molecule has 0 spiro atoms. The molecule has 0 unspecified atom stereocenters. The second-order valence-corrected chi connectivity index (χ2v) is 8.87. The lowest BCUT2D eigenvalue weighted by Gasteiger charge is -2.28. The summed E-state index contributed by atoms with van der Waals surface area (Å²) in [5.41, 5.74) is 4.39. The van der Waals surface area contributed by atoms with Gasteiger partial charge in [0, 0.05) is 12.8 Å². The number of nitrogens with two attached hydrogens (primary N) is 1. The van der Waals surface area contributed by atoms with Gasteiger partial charge in [-0.2, -0.15) is 14.4 Å². The van der Waals surface area contributed by atoms with E-state index in [0.29, 0.717) is 6.42 Å². The van der Waals surface area contributed by atoms with Crippen LogP contribution in [0.1, 0.15) is 77.9 Å². The topological polar surface area (TPSA) is 141 Å². The molecule has 3 atom stereocenters. The van der Waals surface area contributed by atoms with Crippen LogP contribution in [0.4, 0.5) is 15.0 Å². The van der Waals surface area contributed by atoms with E-state index in [2.05, 4.69) is 27.8 Å². The molecule has 1 aliphatic rings. The molecule has 0 saturated carbocycles. The highest BCUT2D eigenvalue weighted by molar-refractivity contribution is 5.81. The van der Waals surface area contributed by atoms with Crippen LogP contribution in [-0.4, -0.2) is 56.6 Å². The number of halogens is 1. The Labute approximate surface area is 215 Å². The van der Waals surface area contributed by atoms with E-state index in [0.717, 1.165) is 19.3 Å². The fraction of sp³-hybridized carbons (Fsp3) is 0.640. The Balaban J connectivity index is 1.70. The van der Waals surface area contributed by atoms with Gasteiger partial charge in [-0.1, -0.05) is 51.4 Å². The Hall–Kier alpha value is -3.46. The van der Waals surface area contributed by atoms with Crippen LogP contribution < -0.4 is 5.73 Å². The molecule has 1 saturated heterocycles. The number of ether oxygens (including phenoxy) is 4. The molecule has 1 aliphatic heterocycles. The van der Waals surface area contributed by atoms with Gasteiger partial charge in [-0.25, -0.2) is 9.78 Å². The molecule has 11 nitrogen and oxygen atoms in total. The Morgan fingerprint density at radius 1 is 1.22 bits per heavy atom. The van der Waals surface area contributed by atoms with E-state index in [-0.39, 0.29) is 43.0 Å². The first-order valence-corrected chi connectivity index (χ1v) is 12.6. The summed E-state index contributed by atoms with van der Waals surface area (Å²) in [7, 11) is 0. The third-order valence-electron chi connectivity index (χ3n) is 6.19. The normalized spacial score (nSPS) is 21.0. The van der Waals surface area contributed by atoms with Gasteiger partial charge < -0.3 is 24.7 Å². The van der Waals surface area contributed by atoms with Crippen molar-refractivity contribution in [2.45, 2.75) is 89.6 Å². The lowest BCUT2D eigenvalue weighted by molar-refractivity contribution is -0.157. The average Bonchev–Trinajstić information content (AvgIpc) is 3.44. The number of carbonyl (C=O) groups excluding carboxylic acids is 2. The molecule has 1 fully saturated rings. The number of nitrogens with zero attached hydrogens (tertiary/aromatic N) is 4. The highest BCUT2D eigenvalue weighted by Crippen LogP contribution is 2.40. The van der Waals surface area contributed by atoms with E-state index in [1.54, 1.807) is 6.92 Å². The molecule has 2 aromatic rings. The van der Waals surface area contributed by atoms with E-state index >= 15 is 0 Å². The maximum absolute atomic E-state index is 13.8. The summed E-state index contributed by atoms with van der Waals surface area (Å²) >= 11 is 0. The molecule has 3 heterocycles. The van der Waals surface area contributed by atoms with Crippen molar-refractivity contribution in [2.24, 2.45) is 0 Å². The fourth-order valence-electron chi connectivity index (χ4n) is 4.23. The van der Waals surface area contributed by atoms with Gasteiger partial charge in [0.05, 0.1) is 12.9 Å². The standard InChI is InChI=1S/C25H34FN5O6/c1-4-7-8-9-10-11-12-13-19(32)35-15-25(5-2)17(36-24(33)34-6-3)14-18(37-25)31-16-28-20-21(27)29-23(26)30-22(20)31/h2,16-18H,4,6-15H2,1,3H3,(H2,27,29,30)/t17-,18+,25+/m0/s1. The van der Waals surface area contributed by atoms with Crippen LogP contribution in [0.5, 0.6) is 0 Å². The summed E-state index contributed by atoms with van der Waals surface area (Å²) in [6.07, 6.45) is 11.0. The van der Waals surface area contributed by atoms with Gasteiger partial charge in [-0.15, -0.1) is 6.42 Å². The molecule has 37 heavy (non-hydrogen) atoms. The van der Waals surface area contributed by atoms with E-state index in [1.165, 1.54) is 30.2 Å².